The van der Waals surface area contributed by atoms with Crippen LogP contribution in [0, 0.1) is 44.8 Å². The summed E-state index contributed by atoms with van der Waals surface area (Å²) < 4.78 is 29.3. The predicted octanol–water partition coefficient (Wildman–Crippen LogP) is 3.20. The van der Waals surface area contributed by atoms with Crippen molar-refractivity contribution in [3.05, 3.63) is 23.8 Å². The van der Waals surface area contributed by atoms with Crippen LogP contribution in [0.4, 0.5) is 0 Å². The molecular weight excluding hydrogens is 764 g/mol. The van der Waals surface area contributed by atoms with Gasteiger partial charge < -0.3 is 59.4 Å². The molecule has 2 heterocycles. The molecule has 0 bridgehead atoms. The van der Waals surface area contributed by atoms with E-state index in [1.807, 2.05) is 6.92 Å². The number of carbonyl (C=O) groups is 2. The maximum atomic E-state index is 14.5. The first-order valence-corrected chi connectivity index (χ1v) is 22.1. The van der Waals surface area contributed by atoms with Crippen LogP contribution in [-0.4, -0.2) is 128 Å². The van der Waals surface area contributed by atoms with E-state index in [9.17, 15) is 45.3 Å². The molecule has 7 aliphatic rings. The quantitative estimate of drug-likeness (QED) is 0.0768. The first kappa shape index (κ1) is 45.1. The van der Waals surface area contributed by atoms with Gasteiger partial charge in [0.05, 0.1) is 24.7 Å². The van der Waals surface area contributed by atoms with Gasteiger partial charge in [0, 0.05) is 5.92 Å². The van der Waals surface area contributed by atoms with Gasteiger partial charge in [-0.1, -0.05) is 71.8 Å². The highest BCUT2D eigenvalue weighted by Gasteiger charge is 2.69. The third kappa shape index (κ3) is 7.07. The number of unbranched alkanes of at least 4 members (excludes halogenated alkanes) is 1. The third-order valence-corrected chi connectivity index (χ3v) is 17.3. The predicted molar refractivity (Wildman–Crippen MR) is 212 cm³/mol. The van der Waals surface area contributed by atoms with Crippen molar-refractivity contribution < 1.29 is 69.0 Å². The number of esters is 2. The van der Waals surface area contributed by atoms with E-state index in [-0.39, 0.29) is 40.8 Å². The number of hydrogen-bond acceptors (Lipinski definition) is 14. The van der Waals surface area contributed by atoms with Crippen LogP contribution in [0.25, 0.3) is 0 Å². The fourth-order valence-corrected chi connectivity index (χ4v) is 13.5. The summed E-state index contributed by atoms with van der Waals surface area (Å²) in [5.41, 5.74) is 0.598. The Morgan fingerprint density at radius 1 is 0.831 bits per heavy atom. The van der Waals surface area contributed by atoms with Gasteiger partial charge in [-0.15, -0.1) is 0 Å². The average Bonchev–Trinajstić information content (AvgIpc) is 3.19. The standard InChI is InChI=1S/C45H70O14/c1-8-9-20-55-37(53)36-33(50)32(49)35(52)39(58-36)57-29-14-15-42(5)27(41(29,3)4)13-16-44(7)28(42)11-10-24-25-21-23(2)12-17-45(25,19-18-43(24,44)6)40(54)59-38-34(51)31(48)30(47)26(22-46)56-38/h10,25-36,38-39,46-52H,2,8-9,11-22H2,1,3-7H3. The van der Waals surface area contributed by atoms with Gasteiger partial charge in [0.2, 0.25) is 6.29 Å². The molecule has 0 spiro atoms. The van der Waals surface area contributed by atoms with E-state index in [0.717, 1.165) is 44.1 Å². The lowest BCUT2D eigenvalue weighted by Crippen LogP contribution is -2.66. The lowest BCUT2D eigenvalue weighted by molar-refractivity contribution is -0.324. The molecule has 0 amide bonds. The van der Waals surface area contributed by atoms with Crippen molar-refractivity contribution in [1.29, 1.82) is 0 Å². The molecule has 0 radical (unpaired) electrons. The van der Waals surface area contributed by atoms with Crippen LogP contribution in [0.3, 0.4) is 0 Å². The summed E-state index contributed by atoms with van der Waals surface area (Å²) in [5, 5.41) is 73.7. The van der Waals surface area contributed by atoms with E-state index in [1.54, 1.807) is 0 Å². The minimum absolute atomic E-state index is 0.0957. The molecule has 334 valence electrons. The molecule has 7 N–H and O–H groups in total. The summed E-state index contributed by atoms with van der Waals surface area (Å²) in [6.45, 7) is 17.5. The first-order chi connectivity index (χ1) is 27.7. The van der Waals surface area contributed by atoms with Crippen molar-refractivity contribution in [3.8, 4) is 0 Å². The number of aliphatic hydroxyl groups is 7. The van der Waals surface area contributed by atoms with Crippen LogP contribution in [0.2, 0.25) is 0 Å². The van der Waals surface area contributed by atoms with Gasteiger partial charge in [-0.2, -0.15) is 0 Å². The summed E-state index contributed by atoms with van der Waals surface area (Å²) in [7, 11) is 0. The Morgan fingerprint density at radius 3 is 2.22 bits per heavy atom. The maximum absolute atomic E-state index is 14.5. The summed E-state index contributed by atoms with van der Waals surface area (Å²) in [4.78, 5) is 27.4. The largest absolute Gasteiger partial charge is 0.464 e. The van der Waals surface area contributed by atoms with E-state index < -0.39 is 90.8 Å². The topological polar surface area (TPSA) is 222 Å². The maximum Gasteiger partial charge on any atom is 0.338 e. The molecule has 0 aromatic rings. The Balaban J connectivity index is 1.11. The van der Waals surface area contributed by atoms with Crippen molar-refractivity contribution in [2.75, 3.05) is 13.2 Å². The number of hydrogen-bond donors (Lipinski definition) is 7. The highest BCUT2D eigenvalue weighted by Crippen LogP contribution is 2.75. The zero-order valence-electron chi connectivity index (χ0n) is 35.8. The molecule has 59 heavy (non-hydrogen) atoms. The minimum Gasteiger partial charge on any atom is -0.464 e. The summed E-state index contributed by atoms with van der Waals surface area (Å²) in [5.74, 6) is -0.943. The molecule has 2 saturated heterocycles. The lowest BCUT2D eigenvalue weighted by Gasteiger charge is -2.71. The second kappa shape index (κ2) is 16.3. The van der Waals surface area contributed by atoms with Gasteiger partial charge in [0.25, 0.3) is 0 Å². The Hall–Kier alpha value is -1.98. The van der Waals surface area contributed by atoms with Crippen LogP contribution >= 0.6 is 0 Å². The fourth-order valence-electron chi connectivity index (χ4n) is 13.5. The summed E-state index contributed by atoms with van der Waals surface area (Å²) in [6, 6.07) is 0. The first-order valence-electron chi connectivity index (χ1n) is 22.1. The SMILES string of the molecule is C=C1CCC2(C(=O)OC3OC(CO)C(O)C(O)C3O)CCC3(C)C(=CCC4C5(C)CCC(OC6OC(C(=O)OCCCC)C(O)C(O)C6O)C(C)(C)C5CCC43C)C2C1. The molecule has 2 aliphatic heterocycles. The molecular formula is C45H70O14. The smallest absolute Gasteiger partial charge is 0.338 e. The van der Waals surface area contributed by atoms with Crippen molar-refractivity contribution in [3.63, 3.8) is 0 Å². The molecule has 18 atom stereocenters. The van der Waals surface area contributed by atoms with Gasteiger partial charge >= 0.3 is 11.9 Å². The van der Waals surface area contributed by atoms with Crippen molar-refractivity contribution in [1.82, 2.24) is 0 Å². The molecule has 6 fully saturated rings. The highest BCUT2D eigenvalue weighted by molar-refractivity contribution is 5.79. The van der Waals surface area contributed by atoms with Crippen LogP contribution < -0.4 is 0 Å². The number of carbonyl (C=O) groups excluding carboxylic acids is 2. The molecule has 5 aliphatic carbocycles. The average molecular weight is 835 g/mol. The lowest BCUT2D eigenvalue weighted by atomic mass is 9.34. The second-order valence-corrected chi connectivity index (χ2v) is 20.5. The molecule has 14 heteroatoms. The van der Waals surface area contributed by atoms with Gasteiger partial charge in [0.1, 0.15) is 42.7 Å². The number of aliphatic hydroxyl groups excluding tert-OH is 7. The minimum atomic E-state index is -1.68. The summed E-state index contributed by atoms with van der Waals surface area (Å²) in [6.07, 6.45) is -4.48. The van der Waals surface area contributed by atoms with Crippen molar-refractivity contribution >= 4 is 11.9 Å². The van der Waals surface area contributed by atoms with Gasteiger partial charge in [0.15, 0.2) is 12.4 Å². The Kier molecular flexibility index (Phi) is 12.4. The Morgan fingerprint density at radius 2 is 1.53 bits per heavy atom. The van der Waals surface area contributed by atoms with E-state index in [4.69, 9.17) is 23.7 Å². The van der Waals surface area contributed by atoms with Gasteiger partial charge in [-0.3, -0.25) is 4.79 Å². The second-order valence-electron chi connectivity index (χ2n) is 20.5. The number of ether oxygens (including phenoxy) is 5. The van der Waals surface area contributed by atoms with Crippen LogP contribution in [-0.2, 0) is 33.3 Å². The zero-order valence-corrected chi connectivity index (χ0v) is 35.8. The normalized spacial score (nSPS) is 49.3. The van der Waals surface area contributed by atoms with Gasteiger partial charge in [-0.05, 0) is 104 Å². The Bertz CT molecular complexity index is 1630. The summed E-state index contributed by atoms with van der Waals surface area (Å²) >= 11 is 0. The van der Waals surface area contributed by atoms with E-state index in [2.05, 4.69) is 47.3 Å². The monoisotopic (exact) mass is 834 g/mol. The molecule has 7 rings (SSSR count). The van der Waals surface area contributed by atoms with Crippen LogP contribution in [0.1, 0.15) is 119 Å². The molecule has 0 aromatic carbocycles. The number of fused-ring (bicyclic) bond motifs is 7. The van der Waals surface area contributed by atoms with Gasteiger partial charge in [-0.25, -0.2) is 4.79 Å². The Labute approximate surface area is 348 Å². The van der Waals surface area contributed by atoms with Crippen molar-refractivity contribution in [2.24, 2.45) is 44.8 Å². The van der Waals surface area contributed by atoms with E-state index in [1.165, 1.54) is 5.57 Å². The number of allylic oxidation sites excluding steroid dienone is 3. The molecule has 0 aromatic heterocycles. The molecule has 4 saturated carbocycles. The highest BCUT2D eigenvalue weighted by atomic mass is 16.7. The van der Waals surface area contributed by atoms with E-state index in [0.29, 0.717) is 44.4 Å². The molecule has 18 unspecified atom stereocenters. The van der Waals surface area contributed by atoms with Crippen LogP contribution in [0.15, 0.2) is 23.8 Å². The van der Waals surface area contributed by atoms with Crippen molar-refractivity contribution in [2.45, 2.75) is 186 Å². The van der Waals surface area contributed by atoms with Crippen LogP contribution in [0.5, 0.6) is 0 Å². The third-order valence-electron chi connectivity index (χ3n) is 17.3. The van der Waals surface area contributed by atoms with E-state index >= 15 is 0 Å². The number of rotatable bonds is 9. The zero-order chi connectivity index (χ0) is 43.0. The molecule has 14 nitrogen and oxygen atoms in total. The fraction of sp³-hybridized carbons (Fsp3) is 0.867.